The van der Waals surface area contributed by atoms with Gasteiger partial charge in [-0.25, -0.2) is 4.79 Å². The SMILES string of the molecule is CCOC(=O)c1c(C#N)cc(Cl)cc1CCl. The van der Waals surface area contributed by atoms with E-state index in [-0.39, 0.29) is 23.6 Å². The number of carbonyl (C=O) groups excluding carboxylic acids is 1. The number of ether oxygens (including phenoxy) is 1. The number of nitrogens with zero attached hydrogens (tertiary/aromatic N) is 1. The van der Waals surface area contributed by atoms with Gasteiger partial charge in [0.2, 0.25) is 0 Å². The van der Waals surface area contributed by atoms with Crippen LogP contribution in [0.4, 0.5) is 0 Å². The van der Waals surface area contributed by atoms with Gasteiger partial charge in [-0.2, -0.15) is 5.26 Å². The van der Waals surface area contributed by atoms with Crippen molar-refractivity contribution in [2.45, 2.75) is 12.8 Å². The molecule has 0 aliphatic rings. The van der Waals surface area contributed by atoms with Gasteiger partial charge in [-0.3, -0.25) is 0 Å². The van der Waals surface area contributed by atoms with Crippen molar-refractivity contribution in [1.29, 1.82) is 5.26 Å². The van der Waals surface area contributed by atoms with E-state index in [0.29, 0.717) is 10.6 Å². The molecule has 0 unspecified atom stereocenters. The Hall–Kier alpha value is -1.24. The van der Waals surface area contributed by atoms with Crippen molar-refractivity contribution >= 4 is 29.2 Å². The smallest absolute Gasteiger partial charge is 0.339 e. The van der Waals surface area contributed by atoms with Gasteiger partial charge in [0.05, 0.1) is 17.7 Å². The molecule has 0 aliphatic carbocycles. The predicted molar refractivity (Wildman–Crippen MR) is 61.7 cm³/mol. The third-order valence-electron chi connectivity index (χ3n) is 1.93. The molecule has 0 fully saturated rings. The van der Waals surface area contributed by atoms with Crippen LogP contribution in [0.5, 0.6) is 0 Å². The largest absolute Gasteiger partial charge is 0.462 e. The Morgan fingerprint density at radius 2 is 2.25 bits per heavy atom. The minimum atomic E-state index is -0.550. The molecule has 5 heteroatoms. The standard InChI is InChI=1S/C11H9Cl2NO2/c1-2-16-11(15)10-7(5-12)3-9(13)4-8(10)6-14/h3-4H,2,5H2,1H3. The first-order valence-electron chi connectivity index (χ1n) is 4.59. The molecule has 1 aromatic carbocycles. The molecule has 0 atom stereocenters. The third kappa shape index (κ3) is 2.66. The van der Waals surface area contributed by atoms with E-state index in [1.54, 1.807) is 13.0 Å². The predicted octanol–water partition coefficient (Wildman–Crippen LogP) is 3.13. The quantitative estimate of drug-likeness (QED) is 0.618. The van der Waals surface area contributed by atoms with E-state index in [9.17, 15) is 4.79 Å². The van der Waals surface area contributed by atoms with Gasteiger partial charge in [0, 0.05) is 10.9 Å². The molecule has 0 saturated carbocycles. The summed E-state index contributed by atoms with van der Waals surface area (Å²) in [5.74, 6) is -0.449. The zero-order valence-corrected chi connectivity index (χ0v) is 10.1. The molecule has 0 heterocycles. The van der Waals surface area contributed by atoms with Crippen LogP contribution in [0.3, 0.4) is 0 Å². The molecular formula is C11H9Cl2NO2. The fourth-order valence-electron chi connectivity index (χ4n) is 1.30. The van der Waals surface area contributed by atoms with E-state index in [1.807, 2.05) is 6.07 Å². The molecule has 3 nitrogen and oxygen atoms in total. The fourth-order valence-corrected chi connectivity index (χ4v) is 1.75. The maximum atomic E-state index is 11.6. The first kappa shape index (κ1) is 12.8. The van der Waals surface area contributed by atoms with Crippen molar-refractivity contribution in [3.8, 4) is 6.07 Å². The summed E-state index contributed by atoms with van der Waals surface area (Å²) in [4.78, 5) is 11.6. The van der Waals surface area contributed by atoms with Crippen molar-refractivity contribution in [3.63, 3.8) is 0 Å². The second-order valence-corrected chi connectivity index (χ2v) is 3.66. The highest BCUT2D eigenvalue weighted by Crippen LogP contribution is 2.23. The highest BCUT2D eigenvalue weighted by Gasteiger charge is 2.18. The maximum Gasteiger partial charge on any atom is 0.339 e. The molecular weight excluding hydrogens is 249 g/mol. The van der Waals surface area contributed by atoms with Gasteiger partial charge in [-0.15, -0.1) is 11.6 Å². The minimum absolute atomic E-state index is 0.101. The molecule has 1 aromatic rings. The van der Waals surface area contributed by atoms with Crippen LogP contribution in [0.25, 0.3) is 0 Å². The van der Waals surface area contributed by atoms with E-state index in [1.165, 1.54) is 6.07 Å². The molecule has 1 rings (SSSR count). The molecule has 0 saturated heterocycles. The minimum Gasteiger partial charge on any atom is -0.462 e. The van der Waals surface area contributed by atoms with Crippen LogP contribution in [0.15, 0.2) is 12.1 Å². The highest BCUT2D eigenvalue weighted by molar-refractivity contribution is 6.31. The lowest BCUT2D eigenvalue weighted by molar-refractivity contribution is 0.0525. The van der Waals surface area contributed by atoms with Crippen LogP contribution in [0.2, 0.25) is 5.02 Å². The Morgan fingerprint density at radius 1 is 1.56 bits per heavy atom. The Bertz CT molecular complexity index is 452. The van der Waals surface area contributed by atoms with Gasteiger partial charge < -0.3 is 4.74 Å². The normalized spacial score (nSPS) is 9.62. The summed E-state index contributed by atoms with van der Waals surface area (Å²) in [5.41, 5.74) is 0.884. The summed E-state index contributed by atoms with van der Waals surface area (Å²) in [6, 6.07) is 4.88. The van der Waals surface area contributed by atoms with E-state index in [4.69, 9.17) is 33.2 Å². The van der Waals surface area contributed by atoms with Crippen molar-refractivity contribution in [3.05, 3.63) is 33.8 Å². The van der Waals surface area contributed by atoms with Crippen molar-refractivity contribution in [2.24, 2.45) is 0 Å². The average Bonchev–Trinajstić information content (AvgIpc) is 2.27. The van der Waals surface area contributed by atoms with Crippen molar-refractivity contribution in [1.82, 2.24) is 0 Å². The number of alkyl halides is 1. The topological polar surface area (TPSA) is 50.1 Å². The number of benzene rings is 1. The van der Waals surface area contributed by atoms with Gasteiger partial charge in [0.25, 0.3) is 0 Å². The Balaban J connectivity index is 3.34. The molecule has 0 spiro atoms. The van der Waals surface area contributed by atoms with E-state index in [0.717, 1.165) is 0 Å². The Morgan fingerprint density at radius 3 is 2.75 bits per heavy atom. The highest BCUT2D eigenvalue weighted by atomic mass is 35.5. The summed E-state index contributed by atoms with van der Waals surface area (Å²) < 4.78 is 4.86. The van der Waals surface area contributed by atoms with Crippen LogP contribution in [-0.2, 0) is 10.6 Å². The second kappa shape index (κ2) is 5.74. The monoisotopic (exact) mass is 257 g/mol. The summed E-state index contributed by atoms with van der Waals surface area (Å²) >= 11 is 11.5. The van der Waals surface area contributed by atoms with Gasteiger partial charge in [0.1, 0.15) is 6.07 Å². The van der Waals surface area contributed by atoms with E-state index in [2.05, 4.69) is 0 Å². The molecule has 0 N–H and O–H groups in total. The number of carbonyl (C=O) groups is 1. The van der Waals surface area contributed by atoms with Gasteiger partial charge in [0.15, 0.2) is 0 Å². The zero-order chi connectivity index (χ0) is 12.1. The second-order valence-electron chi connectivity index (χ2n) is 2.95. The van der Waals surface area contributed by atoms with Gasteiger partial charge >= 0.3 is 5.97 Å². The summed E-state index contributed by atoms with van der Waals surface area (Å²) in [7, 11) is 0. The molecule has 16 heavy (non-hydrogen) atoms. The summed E-state index contributed by atoms with van der Waals surface area (Å²) in [6.07, 6.45) is 0. The van der Waals surface area contributed by atoms with Crippen LogP contribution in [0, 0.1) is 11.3 Å². The van der Waals surface area contributed by atoms with Crippen LogP contribution in [0.1, 0.15) is 28.4 Å². The van der Waals surface area contributed by atoms with Crippen LogP contribution >= 0.6 is 23.2 Å². The third-order valence-corrected chi connectivity index (χ3v) is 2.43. The number of hydrogen-bond donors (Lipinski definition) is 0. The molecule has 0 aliphatic heterocycles. The number of rotatable bonds is 3. The first-order valence-corrected chi connectivity index (χ1v) is 5.50. The lowest BCUT2D eigenvalue weighted by Crippen LogP contribution is -2.10. The first-order chi connectivity index (χ1) is 7.63. The number of halogens is 2. The van der Waals surface area contributed by atoms with Crippen LogP contribution in [-0.4, -0.2) is 12.6 Å². The number of hydrogen-bond acceptors (Lipinski definition) is 3. The molecule has 0 bridgehead atoms. The Kier molecular flexibility index (Phi) is 4.60. The molecule has 0 radical (unpaired) electrons. The molecule has 0 amide bonds. The van der Waals surface area contributed by atoms with E-state index >= 15 is 0 Å². The fraction of sp³-hybridized carbons (Fsp3) is 0.273. The van der Waals surface area contributed by atoms with Crippen molar-refractivity contribution in [2.75, 3.05) is 6.61 Å². The number of nitriles is 1. The van der Waals surface area contributed by atoms with Crippen molar-refractivity contribution < 1.29 is 9.53 Å². The van der Waals surface area contributed by atoms with Gasteiger partial charge in [-0.1, -0.05) is 11.6 Å². The molecule has 0 aromatic heterocycles. The Labute approximate surface area is 104 Å². The lowest BCUT2D eigenvalue weighted by atomic mass is 10.0. The maximum absolute atomic E-state index is 11.6. The number of esters is 1. The lowest BCUT2D eigenvalue weighted by Gasteiger charge is -2.08. The summed E-state index contributed by atoms with van der Waals surface area (Å²) in [6.45, 7) is 1.94. The van der Waals surface area contributed by atoms with Crippen LogP contribution < -0.4 is 0 Å². The van der Waals surface area contributed by atoms with E-state index < -0.39 is 5.97 Å². The average molecular weight is 258 g/mol. The zero-order valence-electron chi connectivity index (χ0n) is 8.59. The summed E-state index contributed by atoms with van der Waals surface area (Å²) in [5, 5.41) is 9.30. The van der Waals surface area contributed by atoms with Gasteiger partial charge in [-0.05, 0) is 24.6 Å². The molecule has 84 valence electrons.